The minimum atomic E-state index is -4.01. The fraction of sp³-hybridized carbons (Fsp3) is 0.111. The van der Waals surface area contributed by atoms with E-state index >= 15 is 0 Å². The van der Waals surface area contributed by atoms with Crippen molar-refractivity contribution >= 4 is 43.8 Å². The molecule has 0 N–H and O–H groups in total. The van der Waals surface area contributed by atoms with Gasteiger partial charge in [0.1, 0.15) is 0 Å². The zero-order valence-electron chi connectivity index (χ0n) is 14.0. The third-order valence-electron chi connectivity index (χ3n) is 4.24. The van der Waals surface area contributed by atoms with Gasteiger partial charge < -0.3 is 0 Å². The van der Waals surface area contributed by atoms with Gasteiger partial charge in [-0.05, 0) is 35.9 Å². The van der Waals surface area contributed by atoms with E-state index in [0.29, 0.717) is 5.69 Å². The lowest BCUT2D eigenvalue weighted by Gasteiger charge is -2.20. The van der Waals surface area contributed by atoms with E-state index in [1.54, 1.807) is 12.1 Å². The van der Waals surface area contributed by atoms with Gasteiger partial charge in [0.2, 0.25) is 0 Å². The first-order valence-electron chi connectivity index (χ1n) is 7.64. The molecule has 3 aromatic rings. The molecule has 0 bridgehead atoms. The van der Waals surface area contributed by atoms with E-state index in [4.69, 9.17) is 11.6 Å². The number of hydrogen-bond acceptors (Lipinski definition) is 4. The molecule has 0 spiro atoms. The molecule has 0 aliphatic carbocycles. The van der Waals surface area contributed by atoms with Crippen LogP contribution in [-0.4, -0.2) is 20.4 Å². The highest BCUT2D eigenvalue weighted by Crippen LogP contribution is 2.32. The number of fused-ring (bicyclic) bond motifs is 1. The summed E-state index contributed by atoms with van der Waals surface area (Å²) in [6.45, 7) is 1.48. The van der Waals surface area contributed by atoms with Crippen molar-refractivity contribution in [3.8, 4) is 0 Å². The molecular formula is C18H15ClN2O4S. The third-order valence-corrected chi connectivity index (χ3v) is 6.40. The maximum Gasteiger partial charge on any atom is 0.275 e. The summed E-state index contributed by atoms with van der Waals surface area (Å²) in [4.78, 5) is 10.3. The standard InChI is InChI=1S/C18H15ClN2O4S/c1-12-17(19)10-16(11-18(12)21(22)23)26(24,25)20(2)15-8-7-13-5-3-4-6-14(13)9-15/h3-11H,1-2H3. The van der Waals surface area contributed by atoms with Crippen LogP contribution in [0.3, 0.4) is 0 Å². The molecule has 0 saturated heterocycles. The lowest BCUT2D eigenvalue weighted by molar-refractivity contribution is -0.385. The van der Waals surface area contributed by atoms with Crippen LogP contribution in [0.1, 0.15) is 5.56 Å². The molecule has 26 heavy (non-hydrogen) atoms. The Kier molecular flexibility index (Phi) is 4.60. The molecule has 3 rings (SSSR count). The van der Waals surface area contributed by atoms with Crippen LogP contribution in [-0.2, 0) is 10.0 Å². The van der Waals surface area contributed by atoms with Crippen LogP contribution in [0, 0.1) is 17.0 Å². The average Bonchev–Trinajstić information content (AvgIpc) is 2.62. The Labute approximate surface area is 155 Å². The highest BCUT2D eigenvalue weighted by atomic mass is 35.5. The summed E-state index contributed by atoms with van der Waals surface area (Å²) in [7, 11) is -2.61. The summed E-state index contributed by atoms with van der Waals surface area (Å²) in [6, 6.07) is 15.1. The number of hydrogen-bond donors (Lipinski definition) is 0. The molecule has 0 aliphatic heterocycles. The maximum absolute atomic E-state index is 13.0. The van der Waals surface area contributed by atoms with Gasteiger partial charge >= 0.3 is 0 Å². The number of sulfonamides is 1. The van der Waals surface area contributed by atoms with Crippen molar-refractivity contribution in [2.75, 3.05) is 11.4 Å². The molecule has 6 nitrogen and oxygen atoms in total. The molecule has 0 unspecified atom stereocenters. The first-order chi connectivity index (χ1) is 12.2. The molecule has 134 valence electrons. The van der Waals surface area contributed by atoms with Crippen molar-refractivity contribution in [3.05, 3.63) is 75.3 Å². The number of benzene rings is 3. The molecule has 0 fully saturated rings. The monoisotopic (exact) mass is 390 g/mol. The van der Waals surface area contributed by atoms with Gasteiger partial charge in [0.15, 0.2) is 0 Å². The van der Waals surface area contributed by atoms with Crippen molar-refractivity contribution in [1.29, 1.82) is 0 Å². The summed E-state index contributed by atoms with van der Waals surface area (Å²) >= 11 is 6.01. The van der Waals surface area contributed by atoms with Crippen molar-refractivity contribution < 1.29 is 13.3 Å². The van der Waals surface area contributed by atoms with Crippen LogP contribution in [0.15, 0.2) is 59.5 Å². The van der Waals surface area contributed by atoms with Crippen LogP contribution in [0.5, 0.6) is 0 Å². The fourth-order valence-electron chi connectivity index (χ4n) is 2.65. The predicted octanol–water partition coefficient (Wildman–Crippen LogP) is 4.53. The van der Waals surface area contributed by atoms with Crippen LogP contribution in [0.25, 0.3) is 10.8 Å². The van der Waals surface area contributed by atoms with Crippen LogP contribution in [0.4, 0.5) is 11.4 Å². The van der Waals surface area contributed by atoms with Gasteiger partial charge in [-0.25, -0.2) is 8.42 Å². The van der Waals surface area contributed by atoms with E-state index in [9.17, 15) is 18.5 Å². The molecule has 0 radical (unpaired) electrons. The summed E-state index contributed by atoms with van der Waals surface area (Å²) in [6.07, 6.45) is 0. The maximum atomic E-state index is 13.0. The summed E-state index contributed by atoms with van der Waals surface area (Å²) in [5.41, 5.74) is 0.343. The average molecular weight is 391 g/mol. The van der Waals surface area contributed by atoms with Crippen molar-refractivity contribution in [1.82, 2.24) is 0 Å². The van der Waals surface area contributed by atoms with Gasteiger partial charge in [-0.15, -0.1) is 0 Å². The Morgan fingerprint density at radius 2 is 1.69 bits per heavy atom. The topological polar surface area (TPSA) is 80.5 Å². The molecule has 0 aromatic heterocycles. The Morgan fingerprint density at radius 3 is 2.35 bits per heavy atom. The van der Waals surface area contributed by atoms with Crippen LogP contribution >= 0.6 is 11.6 Å². The minimum Gasteiger partial charge on any atom is -0.269 e. The molecule has 0 heterocycles. The van der Waals surface area contributed by atoms with Crippen LogP contribution in [0.2, 0.25) is 5.02 Å². The third kappa shape index (κ3) is 3.11. The molecule has 0 atom stereocenters. The number of halogens is 1. The highest BCUT2D eigenvalue weighted by molar-refractivity contribution is 7.92. The normalized spacial score (nSPS) is 11.5. The van der Waals surface area contributed by atoms with E-state index in [1.807, 2.05) is 30.3 Å². The summed E-state index contributed by atoms with van der Waals surface area (Å²) in [5, 5.41) is 13.1. The molecule has 0 saturated carbocycles. The predicted molar refractivity (Wildman–Crippen MR) is 102 cm³/mol. The van der Waals surface area contributed by atoms with Gasteiger partial charge in [0, 0.05) is 18.7 Å². The van der Waals surface area contributed by atoms with Gasteiger partial charge in [0.05, 0.1) is 20.5 Å². The molecule has 3 aromatic carbocycles. The zero-order valence-corrected chi connectivity index (χ0v) is 15.6. The lowest BCUT2D eigenvalue weighted by Crippen LogP contribution is -2.26. The van der Waals surface area contributed by atoms with Crippen molar-refractivity contribution in [2.24, 2.45) is 0 Å². The van der Waals surface area contributed by atoms with Gasteiger partial charge in [-0.1, -0.05) is 41.9 Å². The van der Waals surface area contributed by atoms with E-state index in [2.05, 4.69) is 0 Å². The zero-order chi connectivity index (χ0) is 19.1. The number of rotatable bonds is 4. The molecule has 8 heteroatoms. The van der Waals surface area contributed by atoms with E-state index in [-0.39, 0.29) is 21.2 Å². The second-order valence-corrected chi connectivity index (χ2v) is 8.19. The quantitative estimate of drug-likeness (QED) is 0.484. The second-order valence-electron chi connectivity index (χ2n) is 5.81. The smallest absolute Gasteiger partial charge is 0.269 e. The van der Waals surface area contributed by atoms with Crippen molar-refractivity contribution in [3.63, 3.8) is 0 Å². The largest absolute Gasteiger partial charge is 0.275 e. The Bertz CT molecular complexity index is 1130. The Balaban J connectivity index is 2.10. The van der Waals surface area contributed by atoms with Crippen LogP contribution < -0.4 is 4.31 Å². The van der Waals surface area contributed by atoms with Crippen molar-refractivity contribution in [2.45, 2.75) is 11.8 Å². The summed E-state index contributed by atoms with van der Waals surface area (Å²) < 4.78 is 27.0. The molecular weight excluding hydrogens is 376 g/mol. The summed E-state index contributed by atoms with van der Waals surface area (Å²) in [5.74, 6) is 0. The highest BCUT2D eigenvalue weighted by Gasteiger charge is 2.26. The number of anilines is 1. The minimum absolute atomic E-state index is 0.0321. The van der Waals surface area contributed by atoms with E-state index in [0.717, 1.165) is 21.1 Å². The van der Waals surface area contributed by atoms with E-state index < -0.39 is 14.9 Å². The second kappa shape index (κ2) is 6.59. The number of nitro groups is 1. The fourth-order valence-corrected chi connectivity index (χ4v) is 4.16. The van der Waals surface area contributed by atoms with Gasteiger partial charge in [-0.3, -0.25) is 14.4 Å². The van der Waals surface area contributed by atoms with E-state index in [1.165, 1.54) is 20.0 Å². The Morgan fingerprint density at radius 1 is 1.04 bits per heavy atom. The first-order valence-corrected chi connectivity index (χ1v) is 9.46. The Hall–Kier alpha value is -2.64. The van der Waals surface area contributed by atoms with Gasteiger partial charge in [-0.2, -0.15) is 0 Å². The lowest BCUT2D eigenvalue weighted by atomic mass is 10.1. The first kappa shape index (κ1) is 18.2. The molecule has 0 aliphatic rings. The SMILES string of the molecule is Cc1c(Cl)cc(S(=O)(=O)N(C)c2ccc3ccccc3c2)cc1[N+](=O)[O-]. The molecule has 0 amide bonds. The number of nitrogens with zero attached hydrogens (tertiary/aromatic N) is 2. The number of nitro benzene ring substituents is 1. The van der Waals surface area contributed by atoms with Gasteiger partial charge in [0.25, 0.3) is 15.7 Å².